The monoisotopic (exact) mass is 251 g/mol. The van der Waals surface area contributed by atoms with Gasteiger partial charge >= 0.3 is 0 Å². The van der Waals surface area contributed by atoms with Crippen LogP contribution in [0.2, 0.25) is 0 Å². The van der Waals surface area contributed by atoms with E-state index in [9.17, 15) is 4.79 Å². The average molecular weight is 251 g/mol. The van der Waals surface area contributed by atoms with Crippen molar-refractivity contribution in [3.63, 3.8) is 0 Å². The van der Waals surface area contributed by atoms with Crippen LogP contribution < -0.4 is 0 Å². The van der Waals surface area contributed by atoms with Gasteiger partial charge in [0.05, 0.1) is 5.75 Å². The maximum atomic E-state index is 12.0. The smallest absolute Gasteiger partial charge is 0.233 e. The highest BCUT2D eigenvalue weighted by Gasteiger charge is 2.22. The number of hydrogen-bond acceptors (Lipinski definition) is 4. The Morgan fingerprint density at radius 2 is 2.24 bits per heavy atom. The lowest BCUT2D eigenvalue weighted by Crippen LogP contribution is -2.42. The molecule has 0 aliphatic carbocycles. The van der Waals surface area contributed by atoms with Gasteiger partial charge in [0.1, 0.15) is 0 Å². The topological polar surface area (TPSA) is 46.1 Å². The molecule has 5 heteroatoms. The Morgan fingerprint density at radius 3 is 2.94 bits per heavy atom. The molecular formula is C12H17N3OS. The fourth-order valence-corrected chi connectivity index (χ4v) is 2.73. The van der Waals surface area contributed by atoms with Crippen LogP contribution in [0, 0.1) is 0 Å². The van der Waals surface area contributed by atoms with Gasteiger partial charge in [0, 0.05) is 25.0 Å². The Hall–Kier alpha value is -1.10. The molecule has 0 radical (unpaired) electrons. The number of likely N-dealkylation sites (tertiary alicyclic amines) is 1. The zero-order valence-corrected chi connectivity index (χ0v) is 10.8. The Kier molecular flexibility index (Phi) is 4.36. The summed E-state index contributed by atoms with van der Waals surface area (Å²) in [6.07, 6.45) is 6.88. The fourth-order valence-electron chi connectivity index (χ4n) is 2.04. The maximum Gasteiger partial charge on any atom is 0.233 e. The lowest BCUT2D eigenvalue weighted by atomic mass is 10.0. The Labute approximate surface area is 106 Å². The van der Waals surface area contributed by atoms with E-state index >= 15 is 0 Å². The minimum absolute atomic E-state index is 0.203. The SMILES string of the molecule is CC1CCCCN1C(=O)CSc1ncccn1. The number of carbonyl (C=O) groups excluding carboxylic acids is 1. The zero-order chi connectivity index (χ0) is 12.1. The second kappa shape index (κ2) is 6.00. The van der Waals surface area contributed by atoms with E-state index < -0.39 is 0 Å². The first-order valence-electron chi connectivity index (χ1n) is 5.96. The highest BCUT2D eigenvalue weighted by molar-refractivity contribution is 7.99. The van der Waals surface area contributed by atoms with Gasteiger partial charge in [-0.2, -0.15) is 0 Å². The van der Waals surface area contributed by atoms with E-state index in [0.29, 0.717) is 17.0 Å². The summed E-state index contributed by atoms with van der Waals surface area (Å²) in [5.74, 6) is 0.642. The van der Waals surface area contributed by atoms with Crippen molar-refractivity contribution in [1.29, 1.82) is 0 Å². The number of hydrogen-bond donors (Lipinski definition) is 0. The van der Waals surface area contributed by atoms with Crippen LogP contribution in [0.3, 0.4) is 0 Å². The summed E-state index contributed by atoms with van der Waals surface area (Å²) in [6, 6.07) is 2.16. The van der Waals surface area contributed by atoms with Crippen molar-refractivity contribution in [3.05, 3.63) is 18.5 Å². The molecule has 4 nitrogen and oxygen atoms in total. The molecule has 2 heterocycles. The van der Waals surface area contributed by atoms with E-state index in [1.165, 1.54) is 18.2 Å². The van der Waals surface area contributed by atoms with E-state index in [-0.39, 0.29) is 5.91 Å². The lowest BCUT2D eigenvalue weighted by Gasteiger charge is -2.33. The number of carbonyl (C=O) groups is 1. The second-order valence-corrected chi connectivity index (χ2v) is 5.19. The summed E-state index contributed by atoms with van der Waals surface area (Å²) >= 11 is 1.41. The van der Waals surface area contributed by atoms with Gasteiger partial charge in [-0.3, -0.25) is 4.79 Å². The number of aromatic nitrogens is 2. The van der Waals surface area contributed by atoms with Gasteiger partial charge in [0.2, 0.25) is 5.91 Å². The molecule has 0 N–H and O–H groups in total. The summed E-state index contributed by atoms with van der Waals surface area (Å²) in [5.41, 5.74) is 0. The molecular weight excluding hydrogens is 234 g/mol. The molecule has 1 fully saturated rings. The van der Waals surface area contributed by atoms with E-state index in [1.807, 2.05) is 4.90 Å². The maximum absolute atomic E-state index is 12.0. The third-order valence-electron chi connectivity index (χ3n) is 2.99. The molecule has 17 heavy (non-hydrogen) atoms. The van der Waals surface area contributed by atoms with Crippen molar-refractivity contribution < 1.29 is 4.79 Å². The van der Waals surface area contributed by atoms with Crippen LogP contribution >= 0.6 is 11.8 Å². The molecule has 0 bridgehead atoms. The minimum Gasteiger partial charge on any atom is -0.339 e. The van der Waals surface area contributed by atoms with Gasteiger partial charge < -0.3 is 4.90 Å². The van der Waals surface area contributed by atoms with Gasteiger partial charge in [-0.25, -0.2) is 9.97 Å². The predicted octanol–water partition coefficient (Wildman–Crippen LogP) is 1.97. The molecule has 1 atom stereocenters. The van der Waals surface area contributed by atoms with E-state index in [1.54, 1.807) is 18.5 Å². The quantitative estimate of drug-likeness (QED) is 0.608. The highest BCUT2D eigenvalue weighted by Crippen LogP contribution is 2.19. The number of thioether (sulfide) groups is 1. The summed E-state index contributed by atoms with van der Waals surface area (Å²) in [7, 11) is 0. The molecule has 0 saturated carbocycles. The summed E-state index contributed by atoms with van der Waals surface area (Å²) < 4.78 is 0. The largest absolute Gasteiger partial charge is 0.339 e. The van der Waals surface area contributed by atoms with Gasteiger partial charge in [0.25, 0.3) is 0 Å². The molecule has 1 aliphatic rings. The Bertz CT molecular complexity index is 371. The number of nitrogens with zero attached hydrogens (tertiary/aromatic N) is 3. The van der Waals surface area contributed by atoms with Crippen molar-refractivity contribution in [2.75, 3.05) is 12.3 Å². The van der Waals surface area contributed by atoms with Crippen LogP contribution in [0.25, 0.3) is 0 Å². The summed E-state index contributed by atoms with van der Waals surface area (Å²) in [5, 5.41) is 0.672. The molecule has 1 aliphatic heterocycles. The first-order valence-corrected chi connectivity index (χ1v) is 6.95. The lowest BCUT2D eigenvalue weighted by molar-refractivity contribution is -0.131. The zero-order valence-electron chi connectivity index (χ0n) is 10.0. The molecule has 0 aromatic carbocycles. The van der Waals surface area contributed by atoms with Crippen LogP contribution in [0.1, 0.15) is 26.2 Å². The van der Waals surface area contributed by atoms with Crippen LogP contribution in [-0.2, 0) is 4.79 Å². The molecule has 1 aromatic rings. The van der Waals surface area contributed by atoms with Crippen molar-refractivity contribution in [3.8, 4) is 0 Å². The Morgan fingerprint density at radius 1 is 1.47 bits per heavy atom. The first kappa shape index (κ1) is 12.4. The van der Waals surface area contributed by atoms with Crippen LogP contribution in [0.4, 0.5) is 0 Å². The van der Waals surface area contributed by atoms with Crippen molar-refractivity contribution in [2.45, 2.75) is 37.4 Å². The van der Waals surface area contributed by atoms with Crippen molar-refractivity contribution >= 4 is 17.7 Å². The predicted molar refractivity (Wildman–Crippen MR) is 67.8 cm³/mol. The second-order valence-electron chi connectivity index (χ2n) is 4.25. The first-order chi connectivity index (χ1) is 8.27. The highest BCUT2D eigenvalue weighted by atomic mass is 32.2. The summed E-state index contributed by atoms with van der Waals surface area (Å²) in [4.78, 5) is 22.2. The van der Waals surface area contributed by atoms with Gasteiger partial charge in [-0.1, -0.05) is 11.8 Å². The van der Waals surface area contributed by atoms with Crippen molar-refractivity contribution in [1.82, 2.24) is 14.9 Å². The fraction of sp³-hybridized carbons (Fsp3) is 0.583. The molecule has 0 spiro atoms. The standard InChI is InChI=1S/C12H17N3OS/c1-10-5-2-3-8-15(10)11(16)9-17-12-13-6-4-7-14-12/h4,6-7,10H,2-3,5,8-9H2,1H3. The van der Waals surface area contributed by atoms with Gasteiger partial charge in [-0.05, 0) is 32.3 Å². The molecule has 1 aromatic heterocycles. The molecule has 92 valence electrons. The number of amides is 1. The Balaban J connectivity index is 1.84. The van der Waals surface area contributed by atoms with E-state index in [2.05, 4.69) is 16.9 Å². The normalized spacial score (nSPS) is 20.3. The average Bonchev–Trinajstić information content (AvgIpc) is 2.38. The van der Waals surface area contributed by atoms with Crippen LogP contribution in [0.15, 0.2) is 23.6 Å². The number of piperidine rings is 1. The third kappa shape index (κ3) is 3.43. The van der Waals surface area contributed by atoms with Crippen LogP contribution in [-0.4, -0.2) is 39.1 Å². The van der Waals surface area contributed by atoms with Gasteiger partial charge in [0.15, 0.2) is 5.16 Å². The third-order valence-corrected chi connectivity index (χ3v) is 3.85. The van der Waals surface area contributed by atoms with Crippen molar-refractivity contribution in [2.24, 2.45) is 0 Å². The molecule has 2 rings (SSSR count). The summed E-state index contributed by atoms with van der Waals surface area (Å²) in [6.45, 7) is 3.02. The van der Waals surface area contributed by atoms with E-state index in [4.69, 9.17) is 0 Å². The number of rotatable bonds is 3. The van der Waals surface area contributed by atoms with E-state index in [0.717, 1.165) is 19.4 Å². The molecule has 1 saturated heterocycles. The van der Waals surface area contributed by atoms with Crippen LogP contribution in [0.5, 0.6) is 0 Å². The molecule has 1 unspecified atom stereocenters. The van der Waals surface area contributed by atoms with Gasteiger partial charge in [-0.15, -0.1) is 0 Å². The molecule has 1 amide bonds. The minimum atomic E-state index is 0.203.